The number of esters is 1. The average molecular weight is 414 g/mol. The first-order valence-corrected chi connectivity index (χ1v) is 9.86. The van der Waals surface area contributed by atoms with Gasteiger partial charge in [-0.3, -0.25) is 4.79 Å². The zero-order chi connectivity index (χ0) is 19.8. The van der Waals surface area contributed by atoms with E-state index in [4.69, 9.17) is 26.8 Å². The number of carbonyl (C=O) groups is 1. The molecule has 0 unspecified atom stereocenters. The van der Waals surface area contributed by atoms with Crippen LogP contribution in [0.2, 0.25) is 5.02 Å². The summed E-state index contributed by atoms with van der Waals surface area (Å²) in [4.78, 5) is 25.7. The minimum atomic E-state index is -0.701. The maximum Gasteiger partial charge on any atom is 0.340 e. The van der Waals surface area contributed by atoms with Crippen LogP contribution in [0.25, 0.3) is 10.1 Å². The number of carbonyl (C=O) groups excluding carboxylic acids is 1. The van der Waals surface area contributed by atoms with Crippen molar-refractivity contribution in [3.05, 3.63) is 85.7 Å². The molecule has 0 spiro atoms. The summed E-state index contributed by atoms with van der Waals surface area (Å²) in [6.07, 6.45) is 0. The average Bonchev–Trinajstić information content (AvgIpc) is 2.68. The minimum Gasteiger partial charge on any atom is -0.462 e. The molecule has 0 amide bonds. The fourth-order valence-electron chi connectivity index (χ4n) is 3.36. The molecular formula is C21H16ClNO4S. The van der Waals surface area contributed by atoms with Crippen LogP contribution in [-0.2, 0) is 9.53 Å². The first-order chi connectivity index (χ1) is 13.5. The molecule has 7 heteroatoms. The quantitative estimate of drug-likeness (QED) is 0.652. The maximum absolute atomic E-state index is 13.1. The van der Waals surface area contributed by atoms with E-state index < -0.39 is 11.9 Å². The van der Waals surface area contributed by atoms with E-state index in [1.807, 2.05) is 24.3 Å². The number of halogens is 1. The molecule has 1 atom stereocenters. The molecule has 28 heavy (non-hydrogen) atoms. The third kappa shape index (κ3) is 3.04. The van der Waals surface area contributed by atoms with Crippen molar-refractivity contribution in [2.24, 2.45) is 5.73 Å². The molecule has 4 rings (SSSR count). The molecule has 1 aliphatic rings. The molecule has 2 aromatic carbocycles. The van der Waals surface area contributed by atoms with Gasteiger partial charge in [0.15, 0.2) is 0 Å². The molecule has 0 saturated heterocycles. The first-order valence-electron chi connectivity index (χ1n) is 8.67. The minimum absolute atomic E-state index is 0.0633. The summed E-state index contributed by atoms with van der Waals surface area (Å²) in [5.74, 6) is -0.993. The van der Waals surface area contributed by atoms with Crippen molar-refractivity contribution in [3.8, 4) is 5.75 Å². The predicted octanol–water partition coefficient (Wildman–Crippen LogP) is 4.17. The van der Waals surface area contributed by atoms with E-state index in [1.54, 1.807) is 31.2 Å². The van der Waals surface area contributed by atoms with Crippen molar-refractivity contribution in [2.45, 2.75) is 12.8 Å². The highest BCUT2D eigenvalue weighted by Crippen LogP contribution is 2.44. The molecular weight excluding hydrogens is 398 g/mol. The Labute approximate surface area is 170 Å². The SMILES string of the molecule is CCOC(=O)C1=C(N)Oc2c(c(=O)sc3ccccc23)[C@@H]1c1ccc(Cl)cc1. The van der Waals surface area contributed by atoms with E-state index in [9.17, 15) is 9.59 Å². The fraction of sp³-hybridized carbons (Fsp3) is 0.143. The molecule has 0 radical (unpaired) electrons. The van der Waals surface area contributed by atoms with Gasteiger partial charge in [0, 0.05) is 15.1 Å². The first kappa shape index (κ1) is 18.5. The molecule has 0 aliphatic carbocycles. The van der Waals surface area contributed by atoms with Gasteiger partial charge in [-0.05, 0) is 36.8 Å². The lowest BCUT2D eigenvalue weighted by atomic mass is 9.83. The number of ether oxygens (including phenoxy) is 2. The molecule has 0 bridgehead atoms. The van der Waals surface area contributed by atoms with Crippen LogP contribution in [0.3, 0.4) is 0 Å². The number of hydrogen-bond acceptors (Lipinski definition) is 6. The Morgan fingerprint density at radius 2 is 1.93 bits per heavy atom. The van der Waals surface area contributed by atoms with E-state index in [-0.39, 0.29) is 22.8 Å². The Hall–Kier alpha value is -2.83. The second-order valence-electron chi connectivity index (χ2n) is 6.21. The highest BCUT2D eigenvalue weighted by molar-refractivity contribution is 7.16. The summed E-state index contributed by atoms with van der Waals surface area (Å²) in [5.41, 5.74) is 7.36. The van der Waals surface area contributed by atoms with Crippen LogP contribution in [0.1, 0.15) is 24.0 Å². The van der Waals surface area contributed by atoms with E-state index in [2.05, 4.69) is 0 Å². The van der Waals surface area contributed by atoms with Gasteiger partial charge in [0.25, 0.3) is 0 Å². The maximum atomic E-state index is 13.1. The van der Waals surface area contributed by atoms with Crippen LogP contribution in [-0.4, -0.2) is 12.6 Å². The van der Waals surface area contributed by atoms with Crippen molar-refractivity contribution in [1.82, 2.24) is 0 Å². The molecule has 0 saturated carbocycles. The summed E-state index contributed by atoms with van der Waals surface area (Å²) in [7, 11) is 0. The lowest BCUT2D eigenvalue weighted by molar-refractivity contribution is -0.139. The van der Waals surface area contributed by atoms with Crippen LogP contribution in [0.15, 0.2) is 64.8 Å². The fourth-order valence-corrected chi connectivity index (χ4v) is 4.43. The lowest BCUT2D eigenvalue weighted by Gasteiger charge is -2.28. The van der Waals surface area contributed by atoms with Gasteiger partial charge in [0.05, 0.1) is 18.1 Å². The molecule has 142 valence electrons. The zero-order valence-corrected chi connectivity index (χ0v) is 16.5. The Morgan fingerprint density at radius 3 is 2.64 bits per heavy atom. The third-order valence-corrected chi connectivity index (χ3v) is 5.79. The molecule has 2 N–H and O–H groups in total. The molecule has 1 aromatic heterocycles. The van der Waals surface area contributed by atoms with Crippen molar-refractivity contribution in [3.63, 3.8) is 0 Å². The predicted molar refractivity (Wildman–Crippen MR) is 110 cm³/mol. The van der Waals surface area contributed by atoms with E-state index in [1.165, 1.54) is 0 Å². The number of fused-ring (bicyclic) bond motifs is 3. The van der Waals surface area contributed by atoms with Crippen molar-refractivity contribution in [1.29, 1.82) is 0 Å². The number of rotatable bonds is 3. The van der Waals surface area contributed by atoms with Crippen LogP contribution < -0.4 is 15.2 Å². The van der Waals surface area contributed by atoms with Gasteiger partial charge in [-0.2, -0.15) is 0 Å². The zero-order valence-electron chi connectivity index (χ0n) is 14.9. The van der Waals surface area contributed by atoms with Crippen molar-refractivity contribution >= 4 is 39.0 Å². The lowest BCUT2D eigenvalue weighted by Crippen LogP contribution is -2.30. The normalized spacial score (nSPS) is 15.9. The molecule has 0 fully saturated rings. The van der Waals surface area contributed by atoms with Gasteiger partial charge in [-0.15, -0.1) is 0 Å². The Morgan fingerprint density at radius 1 is 1.21 bits per heavy atom. The van der Waals surface area contributed by atoms with E-state index >= 15 is 0 Å². The number of hydrogen-bond donors (Lipinski definition) is 1. The van der Waals surface area contributed by atoms with E-state index in [0.717, 1.165) is 21.4 Å². The van der Waals surface area contributed by atoms with Gasteiger partial charge in [-0.25, -0.2) is 4.79 Å². The largest absolute Gasteiger partial charge is 0.462 e. The van der Waals surface area contributed by atoms with Gasteiger partial charge in [0.1, 0.15) is 11.3 Å². The summed E-state index contributed by atoms with van der Waals surface area (Å²) in [5, 5.41) is 1.32. The molecule has 3 aromatic rings. The van der Waals surface area contributed by atoms with Crippen LogP contribution >= 0.6 is 22.9 Å². The Bertz CT molecular complexity index is 1170. The molecule has 5 nitrogen and oxygen atoms in total. The highest BCUT2D eigenvalue weighted by Gasteiger charge is 2.38. The van der Waals surface area contributed by atoms with Crippen molar-refractivity contribution in [2.75, 3.05) is 6.61 Å². The van der Waals surface area contributed by atoms with Gasteiger partial charge < -0.3 is 15.2 Å². The standard InChI is InChI=1S/C21H16ClNO4S/c1-2-26-20(24)17-15(11-7-9-12(22)10-8-11)16-18(27-19(17)23)13-5-3-4-6-14(13)28-21(16)25/h3-10,15H,2,23H2,1H3/t15-/m0/s1. The molecule has 2 heterocycles. The monoisotopic (exact) mass is 413 g/mol. The summed E-state index contributed by atoms with van der Waals surface area (Å²) in [6, 6.07) is 14.4. The van der Waals surface area contributed by atoms with E-state index in [0.29, 0.717) is 21.9 Å². The third-order valence-electron chi connectivity index (χ3n) is 4.55. The smallest absolute Gasteiger partial charge is 0.340 e. The Kier molecular flexibility index (Phi) is 4.83. The van der Waals surface area contributed by atoms with Crippen LogP contribution in [0.4, 0.5) is 0 Å². The number of benzene rings is 2. The number of nitrogens with two attached hydrogens (primary N) is 1. The second-order valence-corrected chi connectivity index (χ2v) is 7.66. The van der Waals surface area contributed by atoms with Crippen LogP contribution in [0, 0.1) is 0 Å². The highest BCUT2D eigenvalue weighted by atomic mass is 35.5. The Balaban J connectivity index is 2.03. The van der Waals surface area contributed by atoms with Gasteiger partial charge in [0.2, 0.25) is 10.6 Å². The van der Waals surface area contributed by atoms with Gasteiger partial charge in [-0.1, -0.05) is 47.2 Å². The van der Waals surface area contributed by atoms with Gasteiger partial charge >= 0.3 is 5.97 Å². The van der Waals surface area contributed by atoms with Crippen molar-refractivity contribution < 1.29 is 14.3 Å². The summed E-state index contributed by atoms with van der Waals surface area (Å²) < 4.78 is 11.6. The topological polar surface area (TPSA) is 78.6 Å². The molecule has 1 aliphatic heterocycles. The van der Waals surface area contributed by atoms with Crippen LogP contribution in [0.5, 0.6) is 5.75 Å². The second kappa shape index (κ2) is 7.30. The summed E-state index contributed by atoms with van der Waals surface area (Å²) in [6.45, 7) is 1.89. The summed E-state index contributed by atoms with van der Waals surface area (Å²) >= 11 is 7.13.